The first-order valence-electron chi connectivity index (χ1n) is 5.61. The zero-order valence-corrected chi connectivity index (χ0v) is 9.18. The van der Waals surface area contributed by atoms with Crippen LogP contribution in [0.2, 0.25) is 0 Å². The van der Waals surface area contributed by atoms with Gasteiger partial charge in [0, 0.05) is 25.0 Å². The van der Waals surface area contributed by atoms with Gasteiger partial charge in [0.05, 0.1) is 0 Å². The van der Waals surface area contributed by atoms with E-state index >= 15 is 0 Å². The zero-order chi connectivity index (χ0) is 10.2. The number of carbonyl (C=O) groups excluding carboxylic acids is 1. The van der Waals surface area contributed by atoms with E-state index in [0.717, 1.165) is 32.4 Å². The zero-order valence-electron chi connectivity index (χ0n) is 9.18. The summed E-state index contributed by atoms with van der Waals surface area (Å²) in [6.07, 6.45) is 4.49. The van der Waals surface area contributed by atoms with Gasteiger partial charge in [0.2, 0.25) is 5.91 Å². The molecule has 0 bridgehead atoms. The Morgan fingerprint density at radius 1 is 1.50 bits per heavy atom. The number of hydrogen-bond donors (Lipinski definition) is 1. The summed E-state index contributed by atoms with van der Waals surface area (Å²) in [5.74, 6) is 0.359. The smallest absolute Gasteiger partial charge is 0.228 e. The summed E-state index contributed by atoms with van der Waals surface area (Å²) in [6, 6.07) is 0.430. The van der Waals surface area contributed by atoms with Crippen molar-refractivity contribution in [3.05, 3.63) is 0 Å². The summed E-state index contributed by atoms with van der Waals surface area (Å²) in [5.41, 5.74) is -0.0304. The molecule has 1 saturated carbocycles. The second-order valence-corrected chi connectivity index (χ2v) is 4.98. The van der Waals surface area contributed by atoms with Crippen molar-refractivity contribution < 1.29 is 4.79 Å². The van der Waals surface area contributed by atoms with Crippen LogP contribution in [0.25, 0.3) is 0 Å². The maximum atomic E-state index is 12.1. The summed E-state index contributed by atoms with van der Waals surface area (Å²) in [7, 11) is 1.96. The molecule has 0 aromatic carbocycles. The molecule has 1 aliphatic carbocycles. The quantitative estimate of drug-likeness (QED) is 0.714. The van der Waals surface area contributed by atoms with Crippen LogP contribution in [-0.4, -0.2) is 37.0 Å². The van der Waals surface area contributed by atoms with Gasteiger partial charge < -0.3 is 10.2 Å². The molecule has 1 N–H and O–H groups in total. The molecule has 0 spiro atoms. The average molecular weight is 196 g/mol. The molecule has 14 heavy (non-hydrogen) atoms. The lowest BCUT2D eigenvalue weighted by Crippen LogP contribution is -2.49. The van der Waals surface area contributed by atoms with Crippen molar-refractivity contribution in [2.75, 3.05) is 20.1 Å². The average Bonchev–Trinajstić information content (AvgIpc) is 2.64. The standard InChI is InChI=1S/C11H20N2O/c1-11(5-3-6-11)10(14)13(2)9-4-7-12-8-9/h9,12H,3-8H2,1-2H3. The molecular formula is C11H20N2O. The molecule has 1 unspecified atom stereocenters. The topological polar surface area (TPSA) is 32.3 Å². The predicted molar refractivity (Wildman–Crippen MR) is 56.0 cm³/mol. The number of nitrogens with zero attached hydrogens (tertiary/aromatic N) is 1. The van der Waals surface area contributed by atoms with Crippen molar-refractivity contribution in [2.24, 2.45) is 5.41 Å². The summed E-state index contributed by atoms with van der Waals surface area (Å²) in [4.78, 5) is 14.1. The highest BCUT2D eigenvalue weighted by atomic mass is 16.2. The first-order valence-corrected chi connectivity index (χ1v) is 5.61. The first-order chi connectivity index (χ1) is 6.63. The van der Waals surface area contributed by atoms with Crippen molar-refractivity contribution in [3.8, 4) is 0 Å². The van der Waals surface area contributed by atoms with Gasteiger partial charge in [-0.1, -0.05) is 13.3 Å². The highest BCUT2D eigenvalue weighted by molar-refractivity contribution is 5.83. The van der Waals surface area contributed by atoms with E-state index in [4.69, 9.17) is 0 Å². The molecule has 1 amide bonds. The summed E-state index contributed by atoms with van der Waals surface area (Å²) >= 11 is 0. The molecule has 3 nitrogen and oxygen atoms in total. The van der Waals surface area contributed by atoms with Gasteiger partial charge in [-0.15, -0.1) is 0 Å². The molecule has 0 aromatic rings. The fraction of sp³-hybridized carbons (Fsp3) is 0.909. The maximum absolute atomic E-state index is 12.1. The number of nitrogens with one attached hydrogen (secondary N) is 1. The second kappa shape index (κ2) is 3.54. The minimum Gasteiger partial charge on any atom is -0.341 e. The Labute approximate surface area is 85.8 Å². The first kappa shape index (κ1) is 9.97. The van der Waals surface area contributed by atoms with Gasteiger partial charge in [-0.25, -0.2) is 0 Å². The molecule has 0 aromatic heterocycles. The van der Waals surface area contributed by atoms with E-state index in [-0.39, 0.29) is 5.41 Å². The van der Waals surface area contributed by atoms with Gasteiger partial charge in [-0.2, -0.15) is 0 Å². The fourth-order valence-corrected chi connectivity index (χ4v) is 2.48. The molecule has 0 radical (unpaired) electrons. The molecule has 1 aliphatic heterocycles. The monoisotopic (exact) mass is 196 g/mol. The third kappa shape index (κ3) is 1.54. The highest BCUT2D eigenvalue weighted by Crippen LogP contribution is 2.42. The molecular weight excluding hydrogens is 176 g/mol. The Morgan fingerprint density at radius 3 is 2.64 bits per heavy atom. The van der Waals surface area contributed by atoms with E-state index in [9.17, 15) is 4.79 Å². The van der Waals surface area contributed by atoms with Gasteiger partial charge in [0.1, 0.15) is 0 Å². The van der Waals surface area contributed by atoms with Crippen molar-refractivity contribution >= 4 is 5.91 Å². The molecule has 3 heteroatoms. The number of hydrogen-bond acceptors (Lipinski definition) is 2. The van der Waals surface area contributed by atoms with Crippen molar-refractivity contribution in [3.63, 3.8) is 0 Å². The summed E-state index contributed by atoms with van der Waals surface area (Å²) in [6.45, 7) is 4.13. The van der Waals surface area contributed by atoms with E-state index in [1.807, 2.05) is 11.9 Å². The van der Waals surface area contributed by atoms with Gasteiger partial charge >= 0.3 is 0 Å². The maximum Gasteiger partial charge on any atom is 0.228 e. The van der Waals surface area contributed by atoms with Crippen molar-refractivity contribution in [1.82, 2.24) is 10.2 Å². The molecule has 1 atom stereocenters. The molecule has 2 fully saturated rings. The highest BCUT2D eigenvalue weighted by Gasteiger charge is 2.42. The molecule has 80 valence electrons. The Kier molecular flexibility index (Phi) is 2.52. The van der Waals surface area contributed by atoms with E-state index < -0.39 is 0 Å². The van der Waals surface area contributed by atoms with Crippen LogP contribution in [0.5, 0.6) is 0 Å². The predicted octanol–water partition coefficient (Wildman–Crippen LogP) is 0.997. The van der Waals surface area contributed by atoms with Crippen LogP contribution in [0.1, 0.15) is 32.6 Å². The number of likely N-dealkylation sites (N-methyl/N-ethyl adjacent to an activating group) is 1. The van der Waals surface area contributed by atoms with Crippen LogP contribution in [0.4, 0.5) is 0 Å². The van der Waals surface area contributed by atoms with Gasteiger partial charge in [0.15, 0.2) is 0 Å². The second-order valence-electron chi connectivity index (χ2n) is 4.98. The number of amides is 1. The van der Waals surface area contributed by atoms with Crippen LogP contribution in [0.3, 0.4) is 0 Å². The third-order valence-corrected chi connectivity index (χ3v) is 3.88. The Bertz CT molecular complexity index is 229. The van der Waals surface area contributed by atoms with Crippen LogP contribution in [-0.2, 0) is 4.79 Å². The summed E-state index contributed by atoms with van der Waals surface area (Å²) < 4.78 is 0. The third-order valence-electron chi connectivity index (χ3n) is 3.88. The van der Waals surface area contributed by atoms with Crippen LogP contribution in [0, 0.1) is 5.41 Å². The number of rotatable bonds is 2. The van der Waals surface area contributed by atoms with E-state index in [1.165, 1.54) is 6.42 Å². The van der Waals surface area contributed by atoms with Gasteiger partial charge in [-0.05, 0) is 25.8 Å². The van der Waals surface area contributed by atoms with E-state index in [0.29, 0.717) is 11.9 Å². The van der Waals surface area contributed by atoms with Crippen molar-refractivity contribution in [2.45, 2.75) is 38.6 Å². The SMILES string of the molecule is CN(C(=O)C1(C)CCC1)C1CCNC1. The Morgan fingerprint density at radius 2 is 2.21 bits per heavy atom. The minimum atomic E-state index is -0.0304. The summed E-state index contributed by atoms with van der Waals surface area (Å²) in [5, 5.41) is 3.30. The van der Waals surface area contributed by atoms with Crippen LogP contribution < -0.4 is 5.32 Å². The normalized spacial score (nSPS) is 29.7. The lowest BCUT2D eigenvalue weighted by Gasteiger charge is -2.41. The molecule has 1 heterocycles. The number of carbonyl (C=O) groups is 1. The molecule has 2 aliphatic rings. The van der Waals surface area contributed by atoms with Crippen LogP contribution >= 0.6 is 0 Å². The lowest BCUT2D eigenvalue weighted by atomic mass is 9.69. The van der Waals surface area contributed by atoms with Gasteiger partial charge in [-0.3, -0.25) is 4.79 Å². The minimum absolute atomic E-state index is 0.0304. The van der Waals surface area contributed by atoms with Gasteiger partial charge in [0.25, 0.3) is 0 Å². The lowest BCUT2D eigenvalue weighted by molar-refractivity contribution is -0.146. The Hall–Kier alpha value is -0.570. The molecule has 2 rings (SSSR count). The fourth-order valence-electron chi connectivity index (χ4n) is 2.48. The van der Waals surface area contributed by atoms with Crippen molar-refractivity contribution in [1.29, 1.82) is 0 Å². The van der Waals surface area contributed by atoms with E-state index in [2.05, 4.69) is 12.2 Å². The Balaban J connectivity index is 1.96. The van der Waals surface area contributed by atoms with E-state index in [1.54, 1.807) is 0 Å². The van der Waals surface area contributed by atoms with Crippen LogP contribution in [0.15, 0.2) is 0 Å². The molecule has 1 saturated heterocycles. The largest absolute Gasteiger partial charge is 0.341 e.